The van der Waals surface area contributed by atoms with E-state index >= 15 is 0 Å². The van der Waals surface area contributed by atoms with Gasteiger partial charge in [-0.3, -0.25) is 0 Å². The molecule has 1 aliphatic carbocycles. The van der Waals surface area contributed by atoms with Crippen LogP contribution in [0.2, 0.25) is 0 Å². The van der Waals surface area contributed by atoms with E-state index in [9.17, 15) is 0 Å². The maximum absolute atomic E-state index is 7.26. The van der Waals surface area contributed by atoms with Gasteiger partial charge in [0.1, 0.15) is 0 Å². The van der Waals surface area contributed by atoms with Crippen LogP contribution in [0.1, 0.15) is 35.3 Å². The Labute approximate surface area is 42.4 Å². The minimum Gasteiger partial charge on any atom is -0.0651 e. The fraction of sp³-hybridized carbons (Fsp3) is 1.00. The summed E-state index contributed by atoms with van der Waals surface area (Å²) in [6, 6.07) is 0. The SMILES string of the molecule is [2H]C([2H])(C)C1CCC1. The molecule has 0 aromatic rings. The molecule has 0 spiro atoms. The monoisotopic (exact) mass is 86.1 g/mol. The van der Waals surface area contributed by atoms with Gasteiger partial charge >= 0.3 is 0 Å². The van der Waals surface area contributed by atoms with Crippen LogP contribution in [-0.4, -0.2) is 0 Å². The van der Waals surface area contributed by atoms with E-state index in [1.807, 2.05) is 0 Å². The maximum atomic E-state index is 7.26. The molecule has 0 atom stereocenters. The largest absolute Gasteiger partial charge is 0.0651 e. The van der Waals surface area contributed by atoms with Crippen molar-refractivity contribution in [1.82, 2.24) is 0 Å². The normalized spacial score (nSPS) is 30.8. The van der Waals surface area contributed by atoms with E-state index in [0.717, 1.165) is 12.8 Å². The van der Waals surface area contributed by atoms with Crippen molar-refractivity contribution in [2.45, 2.75) is 32.6 Å². The van der Waals surface area contributed by atoms with Gasteiger partial charge in [-0.25, -0.2) is 0 Å². The van der Waals surface area contributed by atoms with E-state index in [4.69, 9.17) is 2.74 Å². The molecule has 1 fully saturated rings. The zero-order valence-corrected chi connectivity index (χ0v) is 4.20. The van der Waals surface area contributed by atoms with E-state index in [1.165, 1.54) is 6.42 Å². The van der Waals surface area contributed by atoms with Crippen molar-refractivity contribution >= 4 is 0 Å². The highest BCUT2D eigenvalue weighted by Crippen LogP contribution is 2.28. The number of hydrogen-bond acceptors (Lipinski definition) is 0. The summed E-state index contributed by atoms with van der Waals surface area (Å²) in [6.07, 6.45) is 2.53. The molecule has 6 heavy (non-hydrogen) atoms. The Bertz CT molecular complexity index is 79.0. The number of rotatable bonds is 1. The maximum Gasteiger partial charge on any atom is 0.0267 e. The molecule has 1 saturated carbocycles. The van der Waals surface area contributed by atoms with E-state index < -0.39 is 6.37 Å². The van der Waals surface area contributed by atoms with Gasteiger partial charge in [-0.15, -0.1) is 0 Å². The summed E-state index contributed by atoms with van der Waals surface area (Å²) in [6.45, 7) is 1.68. The van der Waals surface area contributed by atoms with Crippen LogP contribution >= 0.6 is 0 Å². The molecule has 1 aliphatic rings. The Morgan fingerprint density at radius 1 is 1.83 bits per heavy atom. The van der Waals surface area contributed by atoms with Crippen LogP contribution < -0.4 is 0 Å². The molecule has 0 aromatic carbocycles. The van der Waals surface area contributed by atoms with Crippen molar-refractivity contribution in [1.29, 1.82) is 0 Å². The van der Waals surface area contributed by atoms with Crippen LogP contribution in [-0.2, 0) is 0 Å². The van der Waals surface area contributed by atoms with Crippen LogP contribution in [0.4, 0.5) is 0 Å². The lowest BCUT2D eigenvalue weighted by atomic mass is 9.84. The van der Waals surface area contributed by atoms with Gasteiger partial charge in [0.15, 0.2) is 0 Å². The molecular weight excluding hydrogens is 72.1 g/mol. The summed E-state index contributed by atoms with van der Waals surface area (Å²) in [5, 5.41) is 0. The van der Waals surface area contributed by atoms with Crippen LogP contribution in [0.15, 0.2) is 0 Å². The summed E-state index contributed by atoms with van der Waals surface area (Å²) in [7, 11) is 0. The molecule has 0 amide bonds. The van der Waals surface area contributed by atoms with Gasteiger partial charge in [-0.1, -0.05) is 32.6 Å². The van der Waals surface area contributed by atoms with Crippen LogP contribution in [0.5, 0.6) is 0 Å². The summed E-state index contributed by atoms with van der Waals surface area (Å²) in [5.74, 6) is 0.363. The topological polar surface area (TPSA) is 0 Å². The van der Waals surface area contributed by atoms with Crippen molar-refractivity contribution in [3.05, 3.63) is 0 Å². The Morgan fingerprint density at radius 2 is 2.50 bits per heavy atom. The Kier molecular flexibility index (Phi) is 0.638. The zero-order chi connectivity index (χ0) is 6.20. The molecule has 0 radical (unpaired) electrons. The molecule has 0 nitrogen and oxygen atoms in total. The van der Waals surface area contributed by atoms with Gasteiger partial charge in [0.2, 0.25) is 0 Å². The third-order valence-corrected chi connectivity index (χ3v) is 1.51. The number of hydrogen-bond donors (Lipinski definition) is 0. The second-order valence-electron chi connectivity index (χ2n) is 1.92. The molecule has 0 saturated heterocycles. The van der Waals surface area contributed by atoms with Crippen molar-refractivity contribution in [3.63, 3.8) is 0 Å². The van der Waals surface area contributed by atoms with Crippen LogP contribution in [0, 0.1) is 5.92 Å². The molecule has 0 heterocycles. The average molecular weight is 86.2 g/mol. The Hall–Kier alpha value is 0. The third kappa shape index (κ3) is 0.562. The first-order valence-corrected chi connectivity index (χ1v) is 2.61. The predicted octanol–water partition coefficient (Wildman–Crippen LogP) is 2.20. The van der Waals surface area contributed by atoms with Gasteiger partial charge in [-0.2, -0.15) is 0 Å². The predicted molar refractivity (Wildman–Crippen MR) is 27.6 cm³/mol. The summed E-state index contributed by atoms with van der Waals surface area (Å²) in [5.41, 5.74) is 0. The second-order valence-corrected chi connectivity index (χ2v) is 1.92. The first kappa shape index (κ1) is 2.34. The molecule has 1 rings (SSSR count). The first-order valence-electron chi connectivity index (χ1n) is 3.61. The highest BCUT2D eigenvalue weighted by atomic mass is 14.2. The quantitative estimate of drug-likeness (QED) is 0.459. The van der Waals surface area contributed by atoms with Gasteiger partial charge in [0.05, 0.1) is 0 Å². The average Bonchev–Trinajstić information content (AvgIpc) is 1.16. The second kappa shape index (κ2) is 1.63. The molecule has 0 aromatic heterocycles. The minimum atomic E-state index is -0.905. The summed E-state index contributed by atoms with van der Waals surface area (Å²) >= 11 is 0. The van der Waals surface area contributed by atoms with Crippen molar-refractivity contribution < 1.29 is 2.74 Å². The van der Waals surface area contributed by atoms with Crippen molar-refractivity contribution in [3.8, 4) is 0 Å². The molecule has 0 heteroatoms. The van der Waals surface area contributed by atoms with Gasteiger partial charge in [-0.05, 0) is 5.92 Å². The Morgan fingerprint density at radius 3 is 2.50 bits per heavy atom. The van der Waals surface area contributed by atoms with Crippen LogP contribution in [0.3, 0.4) is 0 Å². The molecule has 0 bridgehead atoms. The first-order chi connectivity index (χ1) is 3.61. The standard InChI is InChI=1S/C6H12/c1-2-6-4-3-5-6/h6H,2-5H2,1H3/i2D2. The Balaban J connectivity index is 2.34. The lowest BCUT2D eigenvalue weighted by molar-refractivity contribution is 0.307. The van der Waals surface area contributed by atoms with E-state index in [1.54, 1.807) is 6.92 Å². The van der Waals surface area contributed by atoms with E-state index in [0.29, 0.717) is 5.92 Å². The fourth-order valence-electron chi connectivity index (χ4n) is 0.697. The molecule has 0 unspecified atom stereocenters. The molecule has 0 N–H and O–H groups in total. The summed E-state index contributed by atoms with van der Waals surface area (Å²) < 4.78 is 14.5. The smallest absolute Gasteiger partial charge is 0.0267 e. The van der Waals surface area contributed by atoms with Crippen molar-refractivity contribution in [2.75, 3.05) is 0 Å². The lowest BCUT2D eigenvalue weighted by Gasteiger charge is -2.22. The minimum absolute atomic E-state index is 0.363. The van der Waals surface area contributed by atoms with Gasteiger partial charge in [0.25, 0.3) is 0 Å². The fourth-order valence-corrected chi connectivity index (χ4v) is 0.697. The lowest BCUT2D eigenvalue weighted by Crippen LogP contribution is -2.08. The van der Waals surface area contributed by atoms with Gasteiger partial charge in [0, 0.05) is 2.74 Å². The molecule has 36 valence electrons. The van der Waals surface area contributed by atoms with Gasteiger partial charge < -0.3 is 0 Å². The summed E-state index contributed by atoms with van der Waals surface area (Å²) in [4.78, 5) is 0. The van der Waals surface area contributed by atoms with E-state index in [-0.39, 0.29) is 0 Å². The molecular formula is C6H12. The van der Waals surface area contributed by atoms with Crippen molar-refractivity contribution in [2.24, 2.45) is 5.92 Å². The van der Waals surface area contributed by atoms with E-state index in [2.05, 4.69) is 0 Å². The highest BCUT2D eigenvalue weighted by Gasteiger charge is 2.13. The third-order valence-electron chi connectivity index (χ3n) is 1.51. The highest BCUT2D eigenvalue weighted by molar-refractivity contribution is 4.66. The van der Waals surface area contributed by atoms with Crippen LogP contribution in [0.25, 0.3) is 0 Å². The zero-order valence-electron chi connectivity index (χ0n) is 6.20. The molecule has 0 aliphatic heterocycles.